The summed E-state index contributed by atoms with van der Waals surface area (Å²) in [5.74, 6) is -0.770. The van der Waals surface area contributed by atoms with Crippen molar-refractivity contribution in [3.05, 3.63) is 95.6 Å². The number of ether oxygens (including phenoxy) is 2. The van der Waals surface area contributed by atoms with E-state index in [1.54, 1.807) is 25.1 Å². The first-order chi connectivity index (χ1) is 24.0. The minimum absolute atomic E-state index is 0.00498. The Kier molecular flexibility index (Phi) is 8.10. The molecule has 0 bridgehead atoms. The average Bonchev–Trinajstić information content (AvgIpc) is 3.26. The fraction of sp³-hybridized carbons (Fsp3) is 0.188. The molecule has 5 aromatic rings. The van der Waals surface area contributed by atoms with Crippen molar-refractivity contribution < 1.29 is 27.8 Å². The number of carbonyl (C=O) groups is 2. The van der Waals surface area contributed by atoms with E-state index >= 15 is 0 Å². The van der Waals surface area contributed by atoms with E-state index < -0.39 is 29.1 Å². The molecular weight excluding hydrogens is 654 g/mol. The number of nitrogens with one attached hydrogen (secondary N) is 2. The molecule has 0 radical (unpaired) electrons. The van der Waals surface area contributed by atoms with Crippen molar-refractivity contribution in [2.24, 2.45) is 0 Å². The molecule has 4 heterocycles. The predicted octanol–water partition coefficient (Wildman–Crippen LogP) is 3.64. The zero-order valence-corrected chi connectivity index (χ0v) is 26.3. The summed E-state index contributed by atoms with van der Waals surface area (Å²) in [5.41, 5.74) is 11.7. The molecule has 3 amide bonds. The summed E-state index contributed by atoms with van der Waals surface area (Å²) in [6, 6.07) is 15.2. The van der Waals surface area contributed by atoms with Crippen LogP contribution in [-0.4, -0.2) is 64.9 Å². The number of nitrogens with two attached hydrogens (primary N) is 2. The van der Waals surface area contributed by atoms with Gasteiger partial charge in [0.1, 0.15) is 30.4 Å². The number of halogens is 2. The van der Waals surface area contributed by atoms with Crippen molar-refractivity contribution >= 4 is 47.1 Å². The zero-order valence-electron chi connectivity index (χ0n) is 26.3. The van der Waals surface area contributed by atoms with Crippen molar-refractivity contribution in [1.29, 1.82) is 0 Å². The number of nitrogen functional groups attached to an aromatic ring is 2. The first-order valence-electron chi connectivity index (χ1n) is 15.1. The van der Waals surface area contributed by atoms with Crippen LogP contribution in [0.25, 0.3) is 0 Å². The molecule has 1 atom stereocenters. The maximum Gasteiger partial charge on any atom is 0.328 e. The van der Waals surface area contributed by atoms with Gasteiger partial charge in [-0.15, -0.1) is 0 Å². The van der Waals surface area contributed by atoms with Gasteiger partial charge in [-0.2, -0.15) is 29.9 Å². The van der Waals surface area contributed by atoms with E-state index in [9.17, 15) is 18.4 Å². The maximum absolute atomic E-state index is 14.4. The number of hydrogen-bond acceptors (Lipinski definition) is 14. The van der Waals surface area contributed by atoms with Crippen LogP contribution in [0, 0.1) is 11.6 Å². The van der Waals surface area contributed by atoms with Gasteiger partial charge in [0.15, 0.2) is 23.1 Å². The second-order valence-corrected chi connectivity index (χ2v) is 11.3. The molecule has 18 heteroatoms. The Bertz CT molecular complexity index is 2110. The summed E-state index contributed by atoms with van der Waals surface area (Å²) in [6.45, 7) is 1.59. The third kappa shape index (κ3) is 6.28. The van der Waals surface area contributed by atoms with Crippen LogP contribution in [0.4, 0.5) is 48.7 Å². The highest BCUT2D eigenvalue weighted by Gasteiger charge is 2.56. The minimum atomic E-state index is -1.62. The summed E-state index contributed by atoms with van der Waals surface area (Å²) in [4.78, 5) is 56.3. The summed E-state index contributed by atoms with van der Waals surface area (Å²) in [6.07, 6.45) is 0. The molecule has 0 spiro atoms. The molecule has 0 aliphatic carbocycles. The van der Waals surface area contributed by atoms with Crippen molar-refractivity contribution in [1.82, 2.24) is 39.7 Å². The molecule has 1 saturated heterocycles. The lowest BCUT2D eigenvalue weighted by Crippen LogP contribution is -2.44. The highest BCUT2D eigenvalue weighted by molar-refractivity contribution is 6.07. The van der Waals surface area contributed by atoms with Crippen molar-refractivity contribution in [2.45, 2.75) is 25.6 Å². The van der Waals surface area contributed by atoms with Crippen molar-refractivity contribution in [2.75, 3.05) is 35.3 Å². The van der Waals surface area contributed by atoms with E-state index in [2.05, 4.69) is 40.5 Å². The molecule has 50 heavy (non-hydrogen) atoms. The number of aromatic nitrogens is 6. The van der Waals surface area contributed by atoms with Crippen LogP contribution in [0.2, 0.25) is 0 Å². The van der Waals surface area contributed by atoms with Gasteiger partial charge in [0.2, 0.25) is 23.8 Å². The number of fused-ring (bicyclic) bond motifs is 1. The summed E-state index contributed by atoms with van der Waals surface area (Å²) in [7, 11) is 0. The Morgan fingerprint density at radius 3 is 1.80 bits per heavy atom. The number of imide groups is 1. The van der Waals surface area contributed by atoms with Crippen LogP contribution >= 0.6 is 0 Å². The second-order valence-electron chi connectivity index (χ2n) is 11.3. The quantitative estimate of drug-likeness (QED) is 0.164. The van der Waals surface area contributed by atoms with E-state index in [4.69, 9.17) is 20.9 Å². The SMILES string of the molecule is C[C@@]1(c2ccc3c(c2)OCCO3)C(=O)N(Cc2nc(N)nc(Nc3ccc(F)cc3)n2)C(=O)N1Cc1nc(N)nc(Nc2ccc(F)cc2)n1. The molecular formula is C32H28F2N12O4. The average molecular weight is 683 g/mol. The number of nitrogens with zero attached hydrogens (tertiary/aromatic N) is 8. The first-order valence-corrected chi connectivity index (χ1v) is 15.1. The van der Waals surface area contributed by atoms with Crippen LogP contribution in [0.15, 0.2) is 66.7 Å². The maximum atomic E-state index is 14.4. The summed E-state index contributed by atoms with van der Waals surface area (Å²) < 4.78 is 38.3. The second kappa shape index (κ2) is 12.7. The van der Waals surface area contributed by atoms with Gasteiger partial charge in [-0.1, -0.05) is 6.07 Å². The number of rotatable bonds is 9. The highest BCUT2D eigenvalue weighted by Crippen LogP contribution is 2.42. The molecule has 0 unspecified atom stereocenters. The van der Waals surface area contributed by atoms with Gasteiger partial charge in [-0.25, -0.2) is 13.6 Å². The molecule has 3 aromatic carbocycles. The van der Waals surface area contributed by atoms with Gasteiger partial charge >= 0.3 is 6.03 Å². The highest BCUT2D eigenvalue weighted by atomic mass is 19.1. The number of carbonyl (C=O) groups excluding carboxylic acids is 2. The van der Waals surface area contributed by atoms with E-state index in [-0.39, 0.29) is 48.5 Å². The lowest BCUT2D eigenvalue weighted by molar-refractivity contribution is -0.133. The standard InChI is InChI=1S/C32H28F2N12O4/c1-32(17-2-11-22-23(14-17)50-13-12-49-22)26(47)45(15-24-39-27(35)43-29(41-24)37-20-7-3-18(33)4-8-20)31(48)46(32)16-25-40-28(36)44-30(42-25)38-21-9-5-19(34)6-10-21/h2-11,14H,12-13,15-16H2,1H3,(H3,35,37,39,41,43)(H3,36,38,40,42,44)/t32-/m1/s1. The topological polar surface area (TPSA) is 213 Å². The van der Waals surface area contributed by atoms with E-state index in [0.29, 0.717) is 41.7 Å². The number of benzene rings is 3. The molecule has 1 fully saturated rings. The van der Waals surface area contributed by atoms with Gasteiger partial charge in [-0.05, 0) is 73.2 Å². The van der Waals surface area contributed by atoms with E-state index in [1.807, 2.05) is 0 Å². The van der Waals surface area contributed by atoms with Crippen LogP contribution in [-0.2, 0) is 23.4 Å². The Labute approximate surface area is 282 Å². The molecule has 2 aliphatic heterocycles. The normalized spacial score (nSPS) is 16.9. The molecule has 7 rings (SSSR count). The van der Waals surface area contributed by atoms with E-state index in [1.165, 1.54) is 53.4 Å². The number of amides is 3. The van der Waals surface area contributed by atoms with Crippen molar-refractivity contribution in [3.63, 3.8) is 0 Å². The fourth-order valence-corrected chi connectivity index (χ4v) is 5.53. The molecule has 2 aliphatic rings. The van der Waals surface area contributed by atoms with Gasteiger partial charge in [-0.3, -0.25) is 14.6 Å². The zero-order chi connectivity index (χ0) is 35.0. The predicted molar refractivity (Wildman–Crippen MR) is 174 cm³/mol. The Morgan fingerprint density at radius 2 is 1.24 bits per heavy atom. The number of urea groups is 1. The first kappa shape index (κ1) is 31.9. The summed E-state index contributed by atoms with van der Waals surface area (Å²) >= 11 is 0. The molecule has 0 saturated carbocycles. The molecule has 2 aromatic heterocycles. The lowest BCUT2D eigenvalue weighted by Gasteiger charge is -2.32. The molecule has 254 valence electrons. The van der Waals surface area contributed by atoms with Crippen molar-refractivity contribution in [3.8, 4) is 11.5 Å². The Balaban J connectivity index is 1.23. The van der Waals surface area contributed by atoms with Gasteiger partial charge in [0.05, 0.1) is 13.1 Å². The number of anilines is 6. The van der Waals surface area contributed by atoms with Crippen LogP contribution < -0.4 is 31.6 Å². The van der Waals surface area contributed by atoms with Crippen LogP contribution in [0.5, 0.6) is 11.5 Å². The fourth-order valence-electron chi connectivity index (χ4n) is 5.53. The van der Waals surface area contributed by atoms with Crippen LogP contribution in [0.3, 0.4) is 0 Å². The molecule has 6 N–H and O–H groups in total. The van der Waals surface area contributed by atoms with Crippen LogP contribution in [0.1, 0.15) is 24.1 Å². The lowest BCUT2D eigenvalue weighted by atomic mass is 9.89. The molecule has 16 nitrogen and oxygen atoms in total. The third-order valence-electron chi connectivity index (χ3n) is 7.97. The minimum Gasteiger partial charge on any atom is -0.486 e. The van der Waals surface area contributed by atoms with E-state index in [0.717, 1.165) is 4.90 Å². The Hall–Kier alpha value is -6.72. The smallest absolute Gasteiger partial charge is 0.328 e. The van der Waals surface area contributed by atoms with Gasteiger partial charge in [0.25, 0.3) is 5.91 Å². The van der Waals surface area contributed by atoms with Gasteiger partial charge in [0, 0.05) is 11.4 Å². The number of hydrogen-bond donors (Lipinski definition) is 4. The largest absolute Gasteiger partial charge is 0.486 e. The Morgan fingerprint density at radius 1 is 0.720 bits per heavy atom. The van der Waals surface area contributed by atoms with Gasteiger partial charge < -0.3 is 31.6 Å². The monoisotopic (exact) mass is 682 g/mol. The summed E-state index contributed by atoms with van der Waals surface area (Å²) in [5, 5.41) is 5.85. The third-order valence-corrected chi connectivity index (χ3v) is 7.97.